The summed E-state index contributed by atoms with van der Waals surface area (Å²) in [4.78, 5) is 18.8. The van der Waals surface area contributed by atoms with Crippen molar-refractivity contribution in [2.45, 2.75) is 58.1 Å². The maximum atomic E-state index is 14.3. The van der Waals surface area contributed by atoms with Crippen LogP contribution in [0.15, 0.2) is 52.2 Å². The fraction of sp³-hybridized carbons (Fsp3) is 0.407. The lowest BCUT2D eigenvalue weighted by atomic mass is 10.1. The number of thiazole rings is 1. The fourth-order valence-electron chi connectivity index (χ4n) is 3.83. The number of hydrogen-bond acceptors (Lipinski definition) is 8. The maximum absolute atomic E-state index is 14.3. The molecule has 3 aromatic rings. The molecule has 0 saturated carbocycles. The molecule has 1 aromatic heterocycles. The predicted octanol–water partition coefficient (Wildman–Crippen LogP) is 6.70. The summed E-state index contributed by atoms with van der Waals surface area (Å²) in [5, 5.41) is 4.84. The number of benzene rings is 2. The number of aryl methyl sites for hydroxylation is 1. The summed E-state index contributed by atoms with van der Waals surface area (Å²) in [6.07, 6.45) is -0.152. The fourth-order valence-corrected chi connectivity index (χ4v) is 6.02. The highest BCUT2D eigenvalue weighted by Crippen LogP contribution is 2.30. The van der Waals surface area contributed by atoms with Gasteiger partial charge in [-0.25, -0.2) is 22.6 Å². The molecular weight excluding hydrogens is 563 g/mol. The zero-order chi connectivity index (χ0) is 28.8. The zero-order valence-electron chi connectivity index (χ0n) is 22.7. The van der Waals surface area contributed by atoms with Crippen molar-refractivity contribution in [2.24, 2.45) is 0 Å². The van der Waals surface area contributed by atoms with Crippen molar-refractivity contribution in [1.82, 2.24) is 9.88 Å². The van der Waals surface area contributed by atoms with Crippen molar-refractivity contribution in [2.75, 3.05) is 29.3 Å². The van der Waals surface area contributed by atoms with Crippen molar-refractivity contribution in [3.05, 3.63) is 69.3 Å². The Morgan fingerprint density at radius 1 is 1.18 bits per heavy atom. The molecule has 3 rings (SSSR count). The van der Waals surface area contributed by atoms with E-state index in [1.807, 2.05) is 13.0 Å². The van der Waals surface area contributed by atoms with E-state index in [-0.39, 0.29) is 21.6 Å². The number of nitrogens with one attached hydrogen (secondary N) is 1. The van der Waals surface area contributed by atoms with Crippen LogP contribution in [-0.4, -0.2) is 49.6 Å². The van der Waals surface area contributed by atoms with Gasteiger partial charge in [-0.05, 0) is 64.9 Å². The highest BCUT2D eigenvalue weighted by atomic mass is 35.5. The molecule has 12 heteroatoms. The van der Waals surface area contributed by atoms with Gasteiger partial charge in [0.15, 0.2) is 5.82 Å². The Labute approximate surface area is 238 Å². The third-order valence-electron chi connectivity index (χ3n) is 5.54. The molecule has 0 spiro atoms. The first-order valence-corrected chi connectivity index (χ1v) is 15.2. The van der Waals surface area contributed by atoms with Gasteiger partial charge >= 0.3 is 6.09 Å². The van der Waals surface area contributed by atoms with Crippen molar-refractivity contribution < 1.29 is 22.3 Å². The number of sulfonamides is 1. The number of nitrogens with zero attached hydrogens (tertiary/aromatic N) is 3. The molecule has 0 unspecified atom stereocenters. The van der Waals surface area contributed by atoms with Gasteiger partial charge < -0.3 is 10.1 Å². The monoisotopic (exact) mass is 596 g/mol. The summed E-state index contributed by atoms with van der Waals surface area (Å²) in [6.45, 7) is 11.3. The topological polar surface area (TPSA) is 91.8 Å². The van der Waals surface area contributed by atoms with Gasteiger partial charge in [0.05, 0.1) is 21.1 Å². The summed E-state index contributed by atoms with van der Waals surface area (Å²) in [5.41, 5.74) is 2.69. The number of carbonyl (C=O) groups excluding carboxylic acids is 1. The average molecular weight is 597 g/mol. The van der Waals surface area contributed by atoms with Crippen LogP contribution < -0.4 is 9.62 Å². The van der Waals surface area contributed by atoms with E-state index < -0.39 is 21.7 Å². The smallest absolute Gasteiger partial charge is 0.430 e. The lowest BCUT2D eigenvalue weighted by molar-refractivity contribution is 0.0608. The van der Waals surface area contributed by atoms with Crippen LogP contribution in [-0.2, 0) is 21.3 Å². The van der Waals surface area contributed by atoms with Crippen molar-refractivity contribution in [3.63, 3.8) is 0 Å². The van der Waals surface area contributed by atoms with Crippen LogP contribution in [0.5, 0.6) is 0 Å². The Kier molecular flexibility index (Phi) is 10.3. The first-order chi connectivity index (χ1) is 18.3. The first-order valence-electron chi connectivity index (χ1n) is 12.5. The molecule has 212 valence electrons. The molecule has 0 aliphatic carbocycles. The quantitative estimate of drug-likeness (QED) is 0.263. The van der Waals surface area contributed by atoms with Crippen LogP contribution in [0, 0.1) is 12.7 Å². The number of ether oxygens (including phenoxy) is 1. The van der Waals surface area contributed by atoms with E-state index in [0.717, 1.165) is 29.9 Å². The van der Waals surface area contributed by atoms with Gasteiger partial charge in [0.25, 0.3) is 10.0 Å². The largest absolute Gasteiger partial charge is 0.443 e. The van der Waals surface area contributed by atoms with E-state index >= 15 is 0 Å². The van der Waals surface area contributed by atoms with E-state index in [1.54, 1.807) is 32.9 Å². The number of amides is 1. The second kappa shape index (κ2) is 13.1. The van der Waals surface area contributed by atoms with Crippen LogP contribution >= 0.6 is 22.9 Å². The predicted molar refractivity (Wildman–Crippen MR) is 155 cm³/mol. The Balaban J connectivity index is 1.74. The minimum Gasteiger partial charge on any atom is -0.443 e. The SMILES string of the molecule is CCCN(CCNc1ccc(S(=O)(=O)N(C(=O)OC(C)(C)C)c2cscn2)cc1Cl)Cc1cc(C)ccc1F. The molecule has 0 saturated heterocycles. The van der Waals surface area contributed by atoms with Crippen LogP contribution in [0.1, 0.15) is 45.2 Å². The third kappa shape index (κ3) is 8.38. The van der Waals surface area contributed by atoms with Crippen LogP contribution in [0.25, 0.3) is 0 Å². The van der Waals surface area contributed by atoms with Gasteiger partial charge in [-0.3, -0.25) is 4.90 Å². The molecule has 1 heterocycles. The Hall–Kier alpha value is -2.73. The standard InChI is InChI=1S/C27H34ClFN4O4S2/c1-6-12-32(16-20-14-19(2)7-9-23(20)29)13-11-30-24-10-8-21(15-22(24)28)39(35,36)33(25-17-38-18-31-25)26(34)37-27(3,4)5/h7-10,14-15,17-18,30H,6,11-13,16H2,1-5H3. The lowest BCUT2D eigenvalue weighted by Crippen LogP contribution is -2.41. The Bertz CT molecular complexity index is 1380. The Morgan fingerprint density at radius 3 is 2.54 bits per heavy atom. The van der Waals surface area contributed by atoms with Crippen molar-refractivity contribution >= 4 is 50.6 Å². The number of anilines is 2. The summed E-state index contributed by atoms with van der Waals surface area (Å²) in [5.74, 6) is -0.291. The summed E-state index contributed by atoms with van der Waals surface area (Å²) < 4.78 is 47.1. The number of hydrogen-bond donors (Lipinski definition) is 1. The minimum atomic E-state index is -4.37. The number of carbonyl (C=O) groups is 1. The van der Waals surface area contributed by atoms with Crippen LogP contribution in [0.4, 0.5) is 20.7 Å². The highest BCUT2D eigenvalue weighted by molar-refractivity contribution is 7.93. The summed E-state index contributed by atoms with van der Waals surface area (Å²) >= 11 is 7.61. The zero-order valence-corrected chi connectivity index (χ0v) is 25.1. The van der Waals surface area contributed by atoms with Crippen LogP contribution in [0.3, 0.4) is 0 Å². The molecule has 1 amide bonds. The molecule has 0 fully saturated rings. The van der Waals surface area contributed by atoms with E-state index in [0.29, 0.717) is 35.2 Å². The molecule has 0 bridgehead atoms. The van der Waals surface area contributed by atoms with E-state index in [4.69, 9.17) is 16.3 Å². The van der Waals surface area contributed by atoms with Crippen molar-refractivity contribution in [1.29, 1.82) is 0 Å². The first kappa shape index (κ1) is 30.8. The normalized spacial score (nSPS) is 12.0. The molecule has 0 radical (unpaired) electrons. The molecule has 0 aliphatic heterocycles. The van der Waals surface area contributed by atoms with Gasteiger partial charge in [0.1, 0.15) is 11.4 Å². The second-order valence-electron chi connectivity index (χ2n) is 10.0. The second-order valence-corrected chi connectivity index (χ2v) is 12.9. The minimum absolute atomic E-state index is 0.0614. The molecule has 0 aliphatic rings. The van der Waals surface area contributed by atoms with Gasteiger partial charge in [0.2, 0.25) is 0 Å². The Morgan fingerprint density at radius 2 is 1.92 bits per heavy atom. The van der Waals surface area contributed by atoms with Gasteiger partial charge in [0, 0.05) is 30.6 Å². The average Bonchev–Trinajstić information content (AvgIpc) is 3.35. The van der Waals surface area contributed by atoms with Crippen LogP contribution in [0.2, 0.25) is 5.02 Å². The number of aromatic nitrogens is 1. The molecule has 0 atom stereocenters. The third-order valence-corrected chi connectivity index (χ3v) is 8.10. The molecular formula is C27H34ClFN4O4S2. The maximum Gasteiger partial charge on any atom is 0.430 e. The lowest BCUT2D eigenvalue weighted by Gasteiger charge is -2.26. The summed E-state index contributed by atoms with van der Waals surface area (Å²) in [6, 6.07) is 9.30. The highest BCUT2D eigenvalue weighted by Gasteiger charge is 2.36. The van der Waals surface area contributed by atoms with Gasteiger partial charge in [-0.2, -0.15) is 0 Å². The molecule has 1 N–H and O–H groups in total. The molecule has 2 aromatic carbocycles. The number of rotatable bonds is 11. The molecule has 8 nitrogen and oxygen atoms in total. The van der Waals surface area contributed by atoms with E-state index in [1.165, 1.54) is 29.1 Å². The number of halogens is 2. The molecule has 39 heavy (non-hydrogen) atoms. The summed E-state index contributed by atoms with van der Waals surface area (Å²) in [7, 11) is -4.37. The van der Waals surface area contributed by atoms with Crippen molar-refractivity contribution in [3.8, 4) is 0 Å². The van der Waals surface area contributed by atoms with E-state index in [9.17, 15) is 17.6 Å². The van der Waals surface area contributed by atoms with E-state index in [2.05, 4.69) is 22.1 Å². The van der Waals surface area contributed by atoms with Gasteiger partial charge in [-0.15, -0.1) is 15.6 Å². The van der Waals surface area contributed by atoms with Gasteiger partial charge in [-0.1, -0.05) is 36.2 Å².